The van der Waals surface area contributed by atoms with E-state index in [1.165, 1.54) is 0 Å². The van der Waals surface area contributed by atoms with Crippen molar-refractivity contribution in [2.45, 2.75) is 46.3 Å². The molecule has 0 saturated heterocycles. The number of rotatable bonds is 7. The number of hydrogen-bond donors (Lipinski definition) is 1. The van der Waals surface area contributed by atoms with Crippen molar-refractivity contribution < 1.29 is 5.11 Å². The second-order valence-corrected chi connectivity index (χ2v) is 5.60. The van der Waals surface area contributed by atoms with Crippen LogP contribution < -0.4 is 0 Å². The molecule has 0 aliphatic heterocycles. The maximum absolute atomic E-state index is 10.3. The zero-order chi connectivity index (χ0) is 13.7. The Balaban J connectivity index is 2.71. The number of hydrogen-bond acceptors (Lipinski definition) is 3. The molecule has 1 aromatic heterocycles. The molecule has 0 radical (unpaired) electrons. The summed E-state index contributed by atoms with van der Waals surface area (Å²) in [6.07, 6.45) is 2.03. The molecule has 1 rings (SSSR count). The number of aromatic nitrogens is 2. The number of aliphatic hydroxyl groups excluding tert-OH is 1. The van der Waals surface area contributed by atoms with E-state index in [-0.39, 0.29) is 6.04 Å². The van der Waals surface area contributed by atoms with E-state index in [4.69, 9.17) is 0 Å². The molecule has 0 amide bonds. The Morgan fingerprint density at radius 3 is 2.50 bits per heavy atom. The Bertz CT molecular complexity index is 361. The Morgan fingerprint density at radius 2 is 2.00 bits per heavy atom. The van der Waals surface area contributed by atoms with Crippen LogP contribution in [0.3, 0.4) is 0 Å². The van der Waals surface area contributed by atoms with Crippen molar-refractivity contribution in [3.8, 4) is 0 Å². The minimum atomic E-state index is -0.468. The quantitative estimate of drug-likeness (QED) is 0.840. The molecule has 1 atom stereocenters. The summed E-state index contributed by atoms with van der Waals surface area (Å²) in [7, 11) is 0. The van der Waals surface area contributed by atoms with E-state index in [1.807, 2.05) is 4.68 Å². The molecular weight excluding hydrogens is 294 g/mol. The van der Waals surface area contributed by atoms with Gasteiger partial charge in [-0.2, -0.15) is 5.10 Å². The van der Waals surface area contributed by atoms with Crippen LogP contribution in [0, 0.1) is 0 Å². The highest BCUT2D eigenvalue weighted by Gasteiger charge is 2.19. The van der Waals surface area contributed by atoms with Gasteiger partial charge in [0.25, 0.3) is 0 Å². The molecule has 1 N–H and O–H groups in total. The van der Waals surface area contributed by atoms with E-state index in [2.05, 4.69) is 53.6 Å². The maximum atomic E-state index is 10.3. The highest BCUT2D eigenvalue weighted by Crippen LogP contribution is 2.27. The molecule has 5 heteroatoms. The van der Waals surface area contributed by atoms with Crippen LogP contribution in [-0.2, 0) is 0 Å². The normalized spacial score (nSPS) is 13.6. The van der Waals surface area contributed by atoms with Crippen LogP contribution in [0.25, 0.3) is 0 Å². The van der Waals surface area contributed by atoms with Crippen molar-refractivity contribution in [2.75, 3.05) is 19.6 Å². The van der Waals surface area contributed by atoms with Crippen molar-refractivity contribution in [1.82, 2.24) is 14.7 Å². The minimum Gasteiger partial charge on any atom is -0.387 e. The Labute approximate surface area is 118 Å². The predicted octanol–water partition coefficient (Wildman–Crippen LogP) is 2.99. The molecule has 0 aliphatic carbocycles. The first-order valence-electron chi connectivity index (χ1n) is 6.64. The first-order chi connectivity index (χ1) is 8.51. The highest BCUT2D eigenvalue weighted by molar-refractivity contribution is 9.10. The molecule has 0 bridgehead atoms. The zero-order valence-electron chi connectivity index (χ0n) is 11.7. The molecule has 1 heterocycles. The van der Waals surface area contributed by atoms with Gasteiger partial charge in [0, 0.05) is 12.6 Å². The molecule has 1 aromatic rings. The number of aliphatic hydroxyl groups is 1. The van der Waals surface area contributed by atoms with E-state index in [1.54, 1.807) is 6.20 Å². The summed E-state index contributed by atoms with van der Waals surface area (Å²) < 4.78 is 2.78. The third-order valence-electron chi connectivity index (χ3n) is 3.20. The van der Waals surface area contributed by atoms with Gasteiger partial charge in [0.1, 0.15) is 0 Å². The molecule has 1 unspecified atom stereocenters. The molecular formula is C13H24BrN3O. The Kier molecular flexibility index (Phi) is 6.32. The first-order valence-corrected chi connectivity index (χ1v) is 7.43. The summed E-state index contributed by atoms with van der Waals surface area (Å²) in [6.45, 7) is 11.4. The molecule has 0 fully saturated rings. The molecule has 0 aromatic carbocycles. The van der Waals surface area contributed by atoms with Crippen LogP contribution in [0.2, 0.25) is 0 Å². The van der Waals surface area contributed by atoms with Crippen molar-refractivity contribution >= 4 is 15.9 Å². The van der Waals surface area contributed by atoms with E-state index in [0.717, 1.165) is 36.2 Å². The van der Waals surface area contributed by atoms with Crippen LogP contribution in [-0.4, -0.2) is 39.4 Å². The highest BCUT2D eigenvalue weighted by atomic mass is 79.9. The lowest BCUT2D eigenvalue weighted by Crippen LogP contribution is -2.26. The molecule has 104 valence electrons. The zero-order valence-corrected chi connectivity index (χ0v) is 13.3. The van der Waals surface area contributed by atoms with Crippen molar-refractivity contribution in [3.63, 3.8) is 0 Å². The summed E-state index contributed by atoms with van der Waals surface area (Å²) in [5.41, 5.74) is 0.886. The lowest BCUT2D eigenvalue weighted by molar-refractivity contribution is 0.134. The van der Waals surface area contributed by atoms with Gasteiger partial charge >= 0.3 is 0 Å². The van der Waals surface area contributed by atoms with E-state index >= 15 is 0 Å². The van der Waals surface area contributed by atoms with E-state index in [9.17, 15) is 5.11 Å². The molecule has 0 saturated carbocycles. The summed E-state index contributed by atoms with van der Waals surface area (Å²) in [6, 6.07) is 0.259. The van der Waals surface area contributed by atoms with Crippen molar-refractivity contribution in [2.24, 2.45) is 0 Å². The van der Waals surface area contributed by atoms with Crippen LogP contribution >= 0.6 is 15.9 Å². The third-order valence-corrected chi connectivity index (χ3v) is 3.82. The smallest absolute Gasteiger partial charge is 0.0980 e. The summed E-state index contributed by atoms with van der Waals surface area (Å²) in [5.74, 6) is 0. The van der Waals surface area contributed by atoms with Crippen LogP contribution in [0.1, 0.15) is 52.0 Å². The van der Waals surface area contributed by atoms with Gasteiger partial charge in [-0.25, -0.2) is 0 Å². The van der Waals surface area contributed by atoms with Gasteiger partial charge in [-0.15, -0.1) is 0 Å². The van der Waals surface area contributed by atoms with Gasteiger partial charge in [-0.1, -0.05) is 13.8 Å². The summed E-state index contributed by atoms with van der Waals surface area (Å²) >= 11 is 3.47. The number of halogens is 1. The van der Waals surface area contributed by atoms with Crippen molar-refractivity contribution in [1.29, 1.82) is 0 Å². The Morgan fingerprint density at radius 1 is 1.39 bits per heavy atom. The summed E-state index contributed by atoms with van der Waals surface area (Å²) in [4.78, 5) is 2.31. The average molecular weight is 318 g/mol. The first kappa shape index (κ1) is 15.7. The van der Waals surface area contributed by atoms with Crippen LogP contribution in [0.5, 0.6) is 0 Å². The van der Waals surface area contributed by atoms with Gasteiger partial charge in [0.2, 0.25) is 0 Å². The minimum absolute atomic E-state index is 0.259. The lowest BCUT2D eigenvalue weighted by atomic mass is 10.1. The molecule has 18 heavy (non-hydrogen) atoms. The van der Waals surface area contributed by atoms with E-state index < -0.39 is 6.10 Å². The fourth-order valence-corrected chi connectivity index (χ4v) is 2.59. The van der Waals surface area contributed by atoms with Crippen LogP contribution in [0.4, 0.5) is 0 Å². The molecule has 4 nitrogen and oxygen atoms in total. The second-order valence-electron chi connectivity index (χ2n) is 4.75. The van der Waals surface area contributed by atoms with Gasteiger partial charge in [-0.3, -0.25) is 4.68 Å². The predicted molar refractivity (Wildman–Crippen MR) is 77.7 cm³/mol. The molecule has 0 spiro atoms. The van der Waals surface area contributed by atoms with Crippen LogP contribution in [0.15, 0.2) is 10.7 Å². The van der Waals surface area contributed by atoms with Gasteiger partial charge in [-0.05, 0) is 49.3 Å². The standard InChI is InChI=1S/C13H24BrN3O/c1-5-16(6-2)8-7-12(18)13-11(14)9-15-17(13)10(3)4/h9-10,12,18H,5-8H2,1-4H3. The maximum Gasteiger partial charge on any atom is 0.0980 e. The topological polar surface area (TPSA) is 41.3 Å². The fourth-order valence-electron chi connectivity index (χ4n) is 2.06. The van der Waals surface area contributed by atoms with Gasteiger partial charge < -0.3 is 10.0 Å². The Hall–Kier alpha value is -0.390. The van der Waals surface area contributed by atoms with E-state index in [0.29, 0.717) is 0 Å². The SMILES string of the molecule is CCN(CC)CCC(O)c1c(Br)cnn1C(C)C. The summed E-state index contributed by atoms with van der Waals surface area (Å²) in [5, 5.41) is 14.6. The number of nitrogens with zero attached hydrogens (tertiary/aromatic N) is 3. The monoisotopic (exact) mass is 317 g/mol. The molecule has 0 aliphatic rings. The van der Waals surface area contributed by atoms with Crippen molar-refractivity contribution in [3.05, 3.63) is 16.4 Å². The largest absolute Gasteiger partial charge is 0.387 e. The fraction of sp³-hybridized carbons (Fsp3) is 0.769. The third kappa shape index (κ3) is 3.80. The van der Waals surface area contributed by atoms with Gasteiger partial charge in [0.05, 0.1) is 22.5 Å². The second kappa shape index (κ2) is 7.26. The van der Waals surface area contributed by atoms with Gasteiger partial charge in [0.15, 0.2) is 0 Å². The lowest BCUT2D eigenvalue weighted by Gasteiger charge is -2.21. The average Bonchev–Trinajstić information content (AvgIpc) is 2.72.